The lowest BCUT2D eigenvalue weighted by molar-refractivity contribution is -0.153. The Morgan fingerprint density at radius 3 is 2.26 bits per heavy atom. The largest absolute Gasteiger partial charge is 0.393 e. The summed E-state index contributed by atoms with van der Waals surface area (Å²) in [6.45, 7) is 4.45. The van der Waals surface area contributed by atoms with Gasteiger partial charge in [-0.15, -0.1) is 0 Å². The van der Waals surface area contributed by atoms with Gasteiger partial charge in [0.15, 0.2) is 0 Å². The zero-order valence-corrected chi connectivity index (χ0v) is 15.1. The van der Waals surface area contributed by atoms with Gasteiger partial charge in [0.1, 0.15) is 0 Å². The lowest BCUT2D eigenvalue weighted by Crippen LogP contribution is -2.08. The highest BCUT2D eigenvalue weighted by Gasteiger charge is 2.33. The van der Waals surface area contributed by atoms with Crippen LogP contribution in [-0.4, -0.2) is 11.9 Å². The summed E-state index contributed by atoms with van der Waals surface area (Å²) in [5, 5.41) is 0. The fraction of sp³-hybridized carbons (Fsp3) is 0.800. The van der Waals surface area contributed by atoms with Crippen LogP contribution in [0.5, 0.6) is 0 Å². The van der Waals surface area contributed by atoms with Gasteiger partial charge < -0.3 is 4.74 Å². The number of esters is 2. The molecule has 1 aliphatic rings. The fourth-order valence-corrected chi connectivity index (χ4v) is 3.11. The molecule has 0 amide bonds. The summed E-state index contributed by atoms with van der Waals surface area (Å²) < 4.78 is 4.68. The van der Waals surface area contributed by atoms with Gasteiger partial charge in [0.25, 0.3) is 0 Å². The quantitative estimate of drug-likeness (QED) is 0.188. The van der Waals surface area contributed by atoms with Gasteiger partial charge in [-0.25, -0.2) is 0 Å². The van der Waals surface area contributed by atoms with E-state index in [9.17, 15) is 9.59 Å². The number of ether oxygens (including phenoxy) is 1. The Bertz CT molecular complexity index is 384. The first-order valence-corrected chi connectivity index (χ1v) is 9.59. The van der Waals surface area contributed by atoms with Crippen molar-refractivity contribution in [2.75, 3.05) is 0 Å². The fourth-order valence-electron chi connectivity index (χ4n) is 3.11. The molecule has 0 aliphatic carbocycles. The second kappa shape index (κ2) is 12.3. The Morgan fingerprint density at radius 2 is 1.65 bits per heavy atom. The number of cyclic esters (lactones) is 2. The van der Waals surface area contributed by atoms with E-state index in [1.54, 1.807) is 0 Å². The molecule has 0 radical (unpaired) electrons. The molecule has 1 unspecified atom stereocenters. The minimum Gasteiger partial charge on any atom is -0.393 e. The van der Waals surface area contributed by atoms with Crippen molar-refractivity contribution >= 4 is 11.9 Å². The van der Waals surface area contributed by atoms with Gasteiger partial charge in [-0.05, 0) is 32.1 Å². The number of rotatable bonds is 13. The first-order chi connectivity index (χ1) is 11.2. The van der Waals surface area contributed by atoms with E-state index in [1.807, 2.05) is 0 Å². The smallest absolute Gasteiger partial charge is 0.317 e. The SMILES string of the molecule is CCCCCCCC=C(CCCCCC)CC1CC(=O)OC1=O. The molecular formula is C20H34O3. The van der Waals surface area contributed by atoms with Gasteiger partial charge in [-0.3, -0.25) is 9.59 Å². The van der Waals surface area contributed by atoms with Crippen molar-refractivity contribution in [2.45, 2.75) is 97.3 Å². The Balaban J connectivity index is 2.40. The molecule has 1 heterocycles. The lowest BCUT2D eigenvalue weighted by Gasteiger charge is -2.10. The lowest BCUT2D eigenvalue weighted by atomic mass is 9.93. The number of hydrogen-bond acceptors (Lipinski definition) is 3. The second-order valence-corrected chi connectivity index (χ2v) is 6.77. The van der Waals surface area contributed by atoms with E-state index in [0.29, 0.717) is 6.42 Å². The molecule has 1 saturated heterocycles. The van der Waals surface area contributed by atoms with Gasteiger partial charge >= 0.3 is 11.9 Å². The van der Waals surface area contributed by atoms with E-state index >= 15 is 0 Å². The van der Waals surface area contributed by atoms with Crippen LogP contribution in [0.1, 0.15) is 97.3 Å². The standard InChI is InChI=1S/C20H34O3/c1-3-5-7-9-10-12-14-17(13-11-8-6-4-2)15-18-16-19(21)23-20(18)22/h14,18H,3-13,15-16H2,1-2H3. The molecule has 0 aromatic rings. The van der Waals surface area contributed by atoms with Gasteiger partial charge in [-0.2, -0.15) is 0 Å². The predicted molar refractivity (Wildman–Crippen MR) is 94.0 cm³/mol. The molecule has 1 atom stereocenters. The van der Waals surface area contributed by atoms with E-state index in [4.69, 9.17) is 0 Å². The van der Waals surface area contributed by atoms with Gasteiger partial charge in [0.2, 0.25) is 0 Å². The van der Waals surface area contributed by atoms with E-state index in [0.717, 1.165) is 12.8 Å². The van der Waals surface area contributed by atoms with E-state index in [1.165, 1.54) is 63.4 Å². The summed E-state index contributed by atoms with van der Waals surface area (Å²) in [5.41, 5.74) is 1.35. The van der Waals surface area contributed by atoms with Crippen molar-refractivity contribution < 1.29 is 14.3 Å². The molecular weight excluding hydrogens is 288 g/mol. The normalized spacial score (nSPS) is 18.5. The van der Waals surface area contributed by atoms with Gasteiger partial charge in [0.05, 0.1) is 12.3 Å². The summed E-state index contributed by atoms with van der Waals surface area (Å²) in [6, 6.07) is 0. The zero-order chi connectivity index (χ0) is 16.9. The first kappa shape index (κ1) is 19.9. The molecule has 132 valence electrons. The van der Waals surface area contributed by atoms with Crippen LogP contribution in [0.2, 0.25) is 0 Å². The van der Waals surface area contributed by atoms with Crippen LogP contribution in [0.15, 0.2) is 11.6 Å². The second-order valence-electron chi connectivity index (χ2n) is 6.77. The Morgan fingerprint density at radius 1 is 1.00 bits per heavy atom. The van der Waals surface area contributed by atoms with Gasteiger partial charge in [0, 0.05) is 0 Å². The van der Waals surface area contributed by atoms with Crippen LogP contribution in [0.4, 0.5) is 0 Å². The Hall–Kier alpha value is -1.12. The highest BCUT2D eigenvalue weighted by atomic mass is 16.6. The molecule has 3 heteroatoms. The summed E-state index contributed by atoms with van der Waals surface area (Å²) in [5.74, 6) is -0.915. The monoisotopic (exact) mass is 322 g/mol. The number of allylic oxidation sites excluding steroid dienone is 2. The van der Waals surface area contributed by atoms with Crippen molar-refractivity contribution in [1.82, 2.24) is 0 Å². The minimum absolute atomic E-state index is 0.236. The van der Waals surface area contributed by atoms with Crippen LogP contribution >= 0.6 is 0 Å². The van der Waals surface area contributed by atoms with Crippen LogP contribution in [0.3, 0.4) is 0 Å². The first-order valence-electron chi connectivity index (χ1n) is 9.59. The summed E-state index contributed by atoms with van der Waals surface area (Å²) in [7, 11) is 0. The van der Waals surface area contributed by atoms with Crippen molar-refractivity contribution in [3.63, 3.8) is 0 Å². The van der Waals surface area contributed by atoms with Crippen molar-refractivity contribution in [3.8, 4) is 0 Å². The summed E-state index contributed by atoms with van der Waals surface area (Å²) >= 11 is 0. The number of carbonyl (C=O) groups is 2. The maximum atomic E-state index is 11.7. The van der Waals surface area contributed by atoms with Crippen LogP contribution in [0.25, 0.3) is 0 Å². The minimum atomic E-state index is -0.357. The highest BCUT2D eigenvalue weighted by molar-refractivity contribution is 5.94. The maximum absolute atomic E-state index is 11.7. The van der Waals surface area contributed by atoms with Gasteiger partial charge in [-0.1, -0.05) is 70.4 Å². The van der Waals surface area contributed by atoms with E-state index in [2.05, 4.69) is 24.7 Å². The predicted octanol–water partition coefficient (Wildman–Crippen LogP) is 5.72. The van der Waals surface area contributed by atoms with Crippen LogP contribution in [-0.2, 0) is 14.3 Å². The highest BCUT2D eigenvalue weighted by Crippen LogP contribution is 2.27. The van der Waals surface area contributed by atoms with E-state index < -0.39 is 0 Å². The average Bonchev–Trinajstić information content (AvgIpc) is 2.84. The topological polar surface area (TPSA) is 43.4 Å². The van der Waals surface area contributed by atoms with E-state index in [-0.39, 0.29) is 24.3 Å². The molecule has 1 rings (SSSR count). The molecule has 1 fully saturated rings. The third-order valence-electron chi connectivity index (χ3n) is 4.56. The molecule has 0 aromatic heterocycles. The molecule has 0 N–H and O–H groups in total. The summed E-state index contributed by atoms with van der Waals surface area (Å²) in [6.07, 6.45) is 16.8. The maximum Gasteiger partial charge on any atom is 0.317 e. The van der Waals surface area contributed by atoms with Crippen molar-refractivity contribution in [3.05, 3.63) is 11.6 Å². The third kappa shape index (κ3) is 8.92. The van der Waals surface area contributed by atoms with Crippen molar-refractivity contribution in [1.29, 1.82) is 0 Å². The Kier molecular flexibility index (Phi) is 10.7. The molecule has 0 aromatic carbocycles. The number of carbonyl (C=O) groups excluding carboxylic acids is 2. The summed E-state index contributed by atoms with van der Waals surface area (Å²) in [4.78, 5) is 22.9. The molecule has 23 heavy (non-hydrogen) atoms. The van der Waals surface area contributed by atoms with Crippen LogP contribution < -0.4 is 0 Å². The average molecular weight is 322 g/mol. The molecule has 0 spiro atoms. The van der Waals surface area contributed by atoms with Crippen LogP contribution in [0, 0.1) is 5.92 Å². The third-order valence-corrected chi connectivity index (χ3v) is 4.56. The molecule has 0 saturated carbocycles. The molecule has 3 nitrogen and oxygen atoms in total. The zero-order valence-electron chi connectivity index (χ0n) is 15.1. The number of hydrogen-bond donors (Lipinski definition) is 0. The molecule has 0 bridgehead atoms. The molecule has 1 aliphatic heterocycles. The number of unbranched alkanes of at least 4 members (excludes halogenated alkanes) is 8. The Labute approximate surface area is 141 Å². The van der Waals surface area contributed by atoms with Crippen molar-refractivity contribution in [2.24, 2.45) is 5.92 Å².